The summed E-state index contributed by atoms with van der Waals surface area (Å²) in [6, 6.07) is 24.2. The zero-order chi connectivity index (χ0) is 14.9. The van der Waals surface area contributed by atoms with E-state index in [-0.39, 0.29) is 0 Å². The summed E-state index contributed by atoms with van der Waals surface area (Å²) in [7, 11) is 0. The fourth-order valence-corrected chi connectivity index (χ4v) is 2.63. The van der Waals surface area contributed by atoms with Crippen LogP contribution in [0.5, 0.6) is 0 Å². The van der Waals surface area contributed by atoms with E-state index in [2.05, 4.69) is 34.3 Å². The third kappa shape index (κ3) is 2.11. The number of nitrogens with one attached hydrogen (secondary N) is 1. The summed E-state index contributed by atoms with van der Waals surface area (Å²) in [6.07, 6.45) is 0. The van der Waals surface area contributed by atoms with Gasteiger partial charge in [-0.15, -0.1) is 4.52 Å². The monoisotopic (exact) mass is 287 g/mol. The first-order valence-corrected chi connectivity index (χ1v) is 7.13. The minimum atomic E-state index is 0.512. The molecule has 0 aliphatic carbocycles. The van der Waals surface area contributed by atoms with E-state index in [4.69, 9.17) is 5.73 Å². The van der Waals surface area contributed by atoms with Crippen LogP contribution in [0, 0.1) is 0 Å². The van der Waals surface area contributed by atoms with Crippen LogP contribution < -0.4 is 10.2 Å². The first-order valence-electron chi connectivity index (χ1n) is 7.13. The minimum Gasteiger partial charge on any atom is -0.363 e. The molecule has 2 heterocycles. The summed E-state index contributed by atoms with van der Waals surface area (Å²) in [4.78, 5) is 4.42. The molecule has 0 aliphatic rings. The highest BCUT2D eigenvalue weighted by Gasteiger charge is 2.18. The molecule has 4 nitrogen and oxygen atoms in total. The summed E-state index contributed by atoms with van der Waals surface area (Å²) < 4.78 is 1.97. The molecule has 0 spiro atoms. The number of nitrogens with zero attached hydrogens (tertiary/aromatic N) is 2. The Kier molecular flexibility index (Phi) is 2.86. The van der Waals surface area contributed by atoms with E-state index in [0.29, 0.717) is 5.82 Å². The van der Waals surface area contributed by atoms with E-state index < -0.39 is 0 Å². The lowest BCUT2D eigenvalue weighted by atomic mass is 10.1. The van der Waals surface area contributed by atoms with Gasteiger partial charge in [-0.3, -0.25) is 0 Å². The van der Waals surface area contributed by atoms with E-state index in [1.54, 1.807) is 0 Å². The molecule has 0 bridgehead atoms. The van der Waals surface area contributed by atoms with Crippen molar-refractivity contribution >= 4 is 11.5 Å². The van der Waals surface area contributed by atoms with Gasteiger partial charge in [0.15, 0.2) is 5.69 Å². The smallest absolute Gasteiger partial charge is 0.351 e. The molecular weight excluding hydrogens is 272 g/mol. The molecule has 0 atom stereocenters. The van der Waals surface area contributed by atoms with Gasteiger partial charge < -0.3 is 5.73 Å². The standard InChI is InChI=1S/C18H14N4/c19-17-12-16(14-9-5-2-6-10-14)22-18(20-17)11-15(21-22)13-7-3-1-4-8-13/h1-12H,(H2,19,20,21)/p+1. The van der Waals surface area contributed by atoms with Crippen molar-refractivity contribution in [3.05, 3.63) is 72.8 Å². The van der Waals surface area contributed by atoms with Gasteiger partial charge in [-0.1, -0.05) is 60.7 Å². The van der Waals surface area contributed by atoms with E-state index >= 15 is 0 Å². The number of H-pyrrole nitrogens is 1. The summed E-state index contributed by atoms with van der Waals surface area (Å²) in [5, 5.41) is 3.40. The molecule has 0 unspecified atom stereocenters. The summed E-state index contributed by atoms with van der Waals surface area (Å²) in [5.41, 5.74) is 11.0. The first kappa shape index (κ1) is 12.6. The topological polar surface area (TPSA) is 58.8 Å². The highest BCUT2D eigenvalue weighted by molar-refractivity contribution is 5.65. The second-order valence-corrected chi connectivity index (χ2v) is 5.16. The average Bonchev–Trinajstić information content (AvgIpc) is 2.99. The fourth-order valence-electron chi connectivity index (χ4n) is 2.63. The lowest BCUT2D eigenvalue weighted by Crippen LogP contribution is -2.28. The maximum Gasteiger partial charge on any atom is 0.351 e. The van der Waals surface area contributed by atoms with Crippen molar-refractivity contribution in [1.82, 2.24) is 10.1 Å². The van der Waals surface area contributed by atoms with Crippen LogP contribution in [0.15, 0.2) is 72.8 Å². The number of aromatic nitrogens is 3. The van der Waals surface area contributed by atoms with E-state index in [0.717, 1.165) is 28.2 Å². The normalized spacial score (nSPS) is 10.9. The van der Waals surface area contributed by atoms with E-state index in [9.17, 15) is 0 Å². The molecule has 2 aromatic carbocycles. The number of fused-ring (bicyclic) bond motifs is 1. The van der Waals surface area contributed by atoms with E-state index in [1.165, 1.54) is 0 Å². The van der Waals surface area contributed by atoms with Gasteiger partial charge in [0.25, 0.3) is 0 Å². The van der Waals surface area contributed by atoms with Gasteiger partial charge >= 0.3 is 5.65 Å². The predicted molar refractivity (Wildman–Crippen MR) is 87.0 cm³/mol. The maximum atomic E-state index is 5.97. The Bertz CT molecular complexity index is 927. The van der Waals surface area contributed by atoms with Crippen molar-refractivity contribution in [2.45, 2.75) is 0 Å². The van der Waals surface area contributed by atoms with Crippen molar-refractivity contribution in [3.8, 4) is 22.5 Å². The molecule has 2 aromatic heterocycles. The Morgan fingerprint density at radius 2 is 1.45 bits per heavy atom. The molecule has 3 N–H and O–H groups in total. The van der Waals surface area contributed by atoms with Gasteiger partial charge in [0.05, 0.1) is 17.8 Å². The van der Waals surface area contributed by atoms with Gasteiger partial charge in [0.2, 0.25) is 5.82 Å². The number of benzene rings is 2. The Morgan fingerprint density at radius 1 is 0.818 bits per heavy atom. The highest BCUT2D eigenvalue weighted by atomic mass is 15.3. The van der Waals surface area contributed by atoms with Crippen LogP contribution in [0.25, 0.3) is 28.2 Å². The minimum absolute atomic E-state index is 0.512. The molecule has 0 fully saturated rings. The largest absolute Gasteiger partial charge is 0.363 e. The maximum absolute atomic E-state index is 5.97. The quantitative estimate of drug-likeness (QED) is 0.557. The van der Waals surface area contributed by atoms with Crippen molar-refractivity contribution in [3.63, 3.8) is 0 Å². The molecule has 0 saturated carbocycles. The zero-order valence-electron chi connectivity index (χ0n) is 11.9. The Morgan fingerprint density at radius 3 is 2.14 bits per heavy atom. The lowest BCUT2D eigenvalue weighted by molar-refractivity contribution is -0.566. The van der Waals surface area contributed by atoms with Crippen LogP contribution in [0.3, 0.4) is 0 Å². The Balaban J connectivity index is 1.97. The summed E-state index contributed by atoms with van der Waals surface area (Å²) in [6.45, 7) is 0. The van der Waals surface area contributed by atoms with Crippen LogP contribution in [0.4, 0.5) is 5.82 Å². The number of anilines is 1. The number of rotatable bonds is 2. The third-order valence-corrected chi connectivity index (χ3v) is 3.66. The van der Waals surface area contributed by atoms with Gasteiger partial charge in [-0.25, -0.2) is 5.10 Å². The van der Waals surface area contributed by atoms with Crippen molar-refractivity contribution in [1.29, 1.82) is 0 Å². The molecule has 22 heavy (non-hydrogen) atoms. The molecule has 0 radical (unpaired) electrons. The van der Waals surface area contributed by atoms with Crippen LogP contribution >= 0.6 is 0 Å². The molecule has 4 aromatic rings. The molecule has 4 heteroatoms. The van der Waals surface area contributed by atoms with Crippen LogP contribution in [0.1, 0.15) is 0 Å². The van der Waals surface area contributed by atoms with Gasteiger partial charge in [-0.05, 0) is 4.98 Å². The number of hydrogen-bond donors (Lipinski definition) is 2. The Labute approximate surface area is 127 Å². The SMILES string of the molecule is Nc1cc(-c2ccccc2)[n+]2[nH]c(-c3ccccc3)cc2n1. The van der Waals surface area contributed by atoms with Crippen LogP contribution in [-0.4, -0.2) is 10.1 Å². The molecule has 0 saturated heterocycles. The highest BCUT2D eigenvalue weighted by Crippen LogP contribution is 2.21. The summed E-state index contributed by atoms with van der Waals surface area (Å²) >= 11 is 0. The van der Waals surface area contributed by atoms with Crippen molar-refractivity contribution < 1.29 is 4.52 Å². The van der Waals surface area contributed by atoms with Crippen molar-refractivity contribution in [2.24, 2.45) is 0 Å². The number of aromatic amines is 1. The first-order chi connectivity index (χ1) is 10.8. The molecule has 0 amide bonds. The molecule has 0 aliphatic heterocycles. The number of nitrogen functional groups attached to an aromatic ring is 1. The van der Waals surface area contributed by atoms with Gasteiger partial charge in [-0.2, -0.15) is 0 Å². The zero-order valence-corrected chi connectivity index (χ0v) is 11.9. The number of hydrogen-bond acceptors (Lipinski definition) is 2. The predicted octanol–water partition coefficient (Wildman–Crippen LogP) is 3.06. The van der Waals surface area contributed by atoms with Gasteiger partial charge in [0, 0.05) is 11.1 Å². The Hall–Kier alpha value is -3.14. The molecule has 4 rings (SSSR count). The van der Waals surface area contributed by atoms with Gasteiger partial charge in [0.1, 0.15) is 0 Å². The summed E-state index contributed by atoms with van der Waals surface area (Å²) in [5.74, 6) is 0.512. The van der Waals surface area contributed by atoms with Crippen LogP contribution in [0.2, 0.25) is 0 Å². The second kappa shape index (κ2) is 5.00. The number of nitrogens with two attached hydrogens (primary N) is 1. The molecular formula is C18H15N4+. The second-order valence-electron chi connectivity index (χ2n) is 5.16. The molecule has 106 valence electrons. The van der Waals surface area contributed by atoms with E-state index in [1.807, 2.05) is 53.0 Å². The lowest BCUT2D eigenvalue weighted by Gasteiger charge is -1.99. The average molecular weight is 287 g/mol. The van der Waals surface area contributed by atoms with Crippen LogP contribution in [-0.2, 0) is 0 Å². The van der Waals surface area contributed by atoms with Crippen molar-refractivity contribution in [2.75, 3.05) is 5.73 Å². The fraction of sp³-hybridized carbons (Fsp3) is 0. The third-order valence-electron chi connectivity index (χ3n) is 3.66.